The van der Waals surface area contributed by atoms with Crippen molar-refractivity contribution in [3.05, 3.63) is 166 Å². The summed E-state index contributed by atoms with van der Waals surface area (Å²) in [5, 5.41) is 27.8. The molecule has 4 heterocycles. The van der Waals surface area contributed by atoms with Crippen LogP contribution in [0.15, 0.2) is 134 Å². The predicted molar refractivity (Wildman–Crippen MR) is 337 cm³/mol. The Morgan fingerprint density at radius 3 is 1.57 bits per heavy atom. The topological polar surface area (TPSA) is 261 Å². The van der Waals surface area contributed by atoms with Crippen LogP contribution in [0, 0.1) is 13.8 Å². The van der Waals surface area contributed by atoms with E-state index in [1.54, 1.807) is 67.0 Å². The molecule has 10 N–H and O–H groups in total. The number of carboxylic acids is 1. The van der Waals surface area contributed by atoms with Crippen LogP contribution in [-0.2, 0) is 9.59 Å². The molecule has 0 bridgehead atoms. The molecule has 10 rings (SSSR count). The van der Waals surface area contributed by atoms with Crippen LogP contribution in [0.1, 0.15) is 83.5 Å². The molecule has 432 valence electrons. The Kier molecular flexibility index (Phi) is 21.5. The molecule has 0 aliphatic heterocycles. The number of benzene rings is 4. The predicted octanol–water partition coefficient (Wildman–Crippen LogP) is 12.1. The van der Waals surface area contributed by atoms with Crippen molar-refractivity contribution < 1.29 is 24.3 Å². The zero-order valence-corrected chi connectivity index (χ0v) is 49.7. The van der Waals surface area contributed by atoms with Gasteiger partial charge in [-0.05, 0) is 140 Å². The van der Waals surface area contributed by atoms with Crippen molar-refractivity contribution in [2.75, 3.05) is 47.7 Å². The molecular weight excluding hydrogens is 1160 g/mol. The first-order valence-electron chi connectivity index (χ1n) is 27.4. The van der Waals surface area contributed by atoms with Crippen molar-refractivity contribution in [3.8, 4) is 22.5 Å². The van der Waals surface area contributed by atoms with Crippen molar-refractivity contribution in [1.29, 1.82) is 0 Å². The van der Waals surface area contributed by atoms with E-state index < -0.39 is 5.97 Å². The van der Waals surface area contributed by atoms with E-state index in [1.807, 2.05) is 69.2 Å². The summed E-state index contributed by atoms with van der Waals surface area (Å²) in [5.74, 6) is -0.262. The number of para-hydroxylation sites is 2. The Balaban J connectivity index is 0.000000198. The zero-order valence-electron chi connectivity index (χ0n) is 46.6. The number of alkyl halides is 1. The Bertz CT molecular complexity index is 3610. The first kappa shape index (κ1) is 61.0. The molecule has 0 spiro atoms. The lowest BCUT2D eigenvalue weighted by molar-refractivity contribution is -0.131. The average molecular weight is 1230 g/mol. The molecule has 2 aliphatic carbocycles. The number of rotatable bonds is 16. The van der Waals surface area contributed by atoms with Crippen molar-refractivity contribution in [2.45, 2.75) is 89.4 Å². The number of allylic oxidation sites excluding steroid dienone is 1. The standard InChI is InChI=1S/C32H36ClN7O2.C26H27ClN6O.C4H5BrO2/c1-20-29(25-10-4-5-11-27(25)35-20)30-26(33)19-34-32(39-30)38-24-9-6-8-23(18-24)37-31(42)21-13-15-22(16-14-21)36-28(41)12-7-17-40(2)3;1-15-23(20-7-2-3-8-22(20)30-15)24-21(27)14-29-26(33-24)32-19-6-4-5-18(13-19)31-25(34)16-9-11-17(28)12-10-16;5-3-1-2-4(6)7/h4-5,7,10-16,19,23-24,35H,6,8-9,17-18H2,1-3H3,(H,36,41)(H,37,42)(H,34,38,39);2-3,7-12,14,18-19,30H,4-6,13,28H2,1H3,(H,31,34)(H,29,32,33);1-2H,3H2,(H,6,7)/b12-7+;;2-1+/t23-,24+;18-,19+;/m00./s1. The summed E-state index contributed by atoms with van der Waals surface area (Å²) in [7, 11) is 3.87. The van der Waals surface area contributed by atoms with Gasteiger partial charge < -0.3 is 52.3 Å². The molecule has 8 aromatic rings. The number of anilines is 4. The fourth-order valence-electron chi connectivity index (χ4n) is 10.2. The molecule has 4 aromatic heterocycles. The molecule has 2 aliphatic rings. The van der Waals surface area contributed by atoms with Crippen LogP contribution < -0.4 is 32.3 Å². The van der Waals surface area contributed by atoms with Crippen molar-refractivity contribution >= 4 is 108 Å². The summed E-state index contributed by atoms with van der Waals surface area (Å²) in [4.78, 5) is 74.6. The number of aliphatic carboxylic acids is 1. The Labute approximate surface area is 500 Å². The van der Waals surface area contributed by atoms with Gasteiger partial charge in [0, 0.05) is 115 Å². The summed E-state index contributed by atoms with van der Waals surface area (Å²) in [6.45, 7) is 4.72. The van der Waals surface area contributed by atoms with Gasteiger partial charge >= 0.3 is 5.97 Å². The number of nitrogens with zero attached hydrogens (tertiary/aromatic N) is 5. The lowest BCUT2D eigenvalue weighted by atomic mass is 9.91. The number of H-pyrrole nitrogens is 2. The number of halogens is 3. The molecule has 2 saturated carbocycles. The Morgan fingerprint density at radius 1 is 0.663 bits per heavy atom. The number of carbonyl (C=O) groups is 4. The molecule has 0 saturated heterocycles. The van der Waals surface area contributed by atoms with Crippen LogP contribution in [0.5, 0.6) is 0 Å². The van der Waals surface area contributed by atoms with Crippen LogP contribution >= 0.6 is 39.1 Å². The van der Waals surface area contributed by atoms with Crippen molar-refractivity contribution in [2.24, 2.45) is 0 Å². The van der Waals surface area contributed by atoms with Crippen LogP contribution in [-0.4, -0.2) is 114 Å². The fourth-order valence-corrected chi connectivity index (χ4v) is 10.8. The second-order valence-electron chi connectivity index (χ2n) is 20.7. The first-order chi connectivity index (χ1) is 40.0. The maximum atomic E-state index is 13.0. The van der Waals surface area contributed by atoms with E-state index in [4.69, 9.17) is 44.0 Å². The van der Waals surface area contributed by atoms with E-state index in [1.165, 1.54) is 12.2 Å². The fraction of sp³-hybridized carbons (Fsp3) is 0.290. The Hall–Kier alpha value is -8.10. The number of hydrogen-bond acceptors (Lipinski definition) is 12. The molecule has 3 amide bonds. The number of carboxylic acid groups (broad SMARTS) is 1. The van der Waals surface area contributed by atoms with E-state index in [2.05, 4.69) is 74.6 Å². The SMILES string of the molecule is Cc1[nH]c2ccccc2c1-c1nc(N[C@@H]2CCC[C@H](NC(=O)c3ccc(N)cc3)C2)ncc1Cl.Cc1[nH]c2ccccc2c1-c1nc(N[C@@H]2CCC[C@H](NC(=O)c3ccc(NC(=O)/C=C/CN(C)C)cc3)C2)ncc1Cl.O=C(O)/C=C/CBr. The largest absolute Gasteiger partial charge is 0.478 e. The minimum absolute atomic E-state index is 0.0209. The van der Waals surface area contributed by atoms with E-state index in [9.17, 15) is 19.2 Å². The van der Waals surface area contributed by atoms with Crippen LogP contribution in [0.4, 0.5) is 23.3 Å². The van der Waals surface area contributed by atoms with Gasteiger partial charge in [0.05, 0.1) is 33.8 Å². The minimum atomic E-state index is -0.903. The second-order valence-corrected chi connectivity index (χ2v) is 22.2. The third-order valence-corrected chi connectivity index (χ3v) is 15.0. The normalized spacial score (nSPS) is 16.9. The lowest BCUT2D eigenvalue weighted by Crippen LogP contribution is -2.42. The molecule has 4 aromatic carbocycles. The number of carbonyl (C=O) groups excluding carboxylic acids is 3. The third kappa shape index (κ3) is 17.0. The van der Waals surface area contributed by atoms with E-state index in [0.717, 1.165) is 102 Å². The van der Waals surface area contributed by atoms with Gasteiger partial charge in [-0.25, -0.2) is 24.7 Å². The molecule has 0 unspecified atom stereocenters. The summed E-state index contributed by atoms with van der Waals surface area (Å²) < 4.78 is 0. The molecule has 4 atom stereocenters. The number of fused-ring (bicyclic) bond motifs is 2. The van der Waals surface area contributed by atoms with Crippen LogP contribution in [0.3, 0.4) is 0 Å². The summed E-state index contributed by atoms with van der Waals surface area (Å²) >= 11 is 16.1. The van der Waals surface area contributed by atoms with Gasteiger partial charge in [-0.3, -0.25) is 14.4 Å². The number of nitrogen functional groups attached to an aromatic ring is 1. The zero-order chi connectivity index (χ0) is 59.0. The van der Waals surface area contributed by atoms with Crippen LogP contribution in [0.2, 0.25) is 10.0 Å². The lowest BCUT2D eigenvalue weighted by Gasteiger charge is -2.30. The van der Waals surface area contributed by atoms with Gasteiger partial charge in [-0.2, -0.15) is 0 Å². The molecule has 21 heteroatoms. The van der Waals surface area contributed by atoms with E-state index in [0.29, 0.717) is 67.7 Å². The van der Waals surface area contributed by atoms with Gasteiger partial charge in [-0.15, -0.1) is 0 Å². The monoisotopic (exact) mass is 1220 g/mol. The molecule has 83 heavy (non-hydrogen) atoms. The van der Waals surface area contributed by atoms with Gasteiger partial charge in [0.15, 0.2) is 0 Å². The molecule has 0 radical (unpaired) electrons. The number of nitrogens with one attached hydrogen (secondary N) is 7. The third-order valence-electron chi connectivity index (χ3n) is 14.1. The highest BCUT2D eigenvalue weighted by atomic mass is 79.9. The summed E-state index contributed by atoms with van der Waals surface area (Å²) in [6, 6.07) is 30.5. The number of amides is 3. The number of aromatic amines is 2. The van der Waals surface area contributed by atoms with Crippen LogP contribution in [0.25, 0.3) is 44.3 Å². The minimum Gasteiger partial charge on any atom is -0.478 e. The number of aryl methyl sites for hydroxylation is 2. The number of likely N-dealkylation sites (N-methyl/N-ethyl adjacent to an activating group) is 1. The van der Waals surface area contributed by atoms with Gasteiger partial charge in [0.1, 0.15) is 0 Å². The highest BCUT2D eigenvalue weighted by Gasteiger charge is 2.27. The van der Waals surface area contributed by atoms with Gasteiger partial charge in [-0.1, -0.05) is 87.7 Å². The highest BCUT2D eigenvalue weighted by molar-refractivity contribution is 9.09. The molecule has 2 fully saturated rings. The summed E-state index contributed by atoms with van der Waals surface area (Å²) in [5.41, 5.74) is 15.6. The Morgan fingerprint density at radius 2 is 1.12 bits per heavy atom. The number of nitrogens with two attached hydrogens (primary N) is 1. The maximum absolute atomic E-state index is 13.0. The van der Waals surface area contributed by atoms with Gasteiger partial charge in [0.25, 0.3) is 11.8 Å². The van der Waals surface area contributed by atoms with Gasteiger partial charge in [0.2, 0.25) is 17.8 Å². The van der Waals surface area contributed by atoms with Crippen molar-refractivity contribution in [1.82, 2.24) is 45.4 Å². The maximum Gasteiger partial charge on any atom is 0.328 e. The number of aromatic nitrogens is 6. The molecule has 18 nitrogen and oxygen atoms in total. The smallest absolute Gasteiger partial charge is 0.328 e. The average Bonchev–Trinajstić information content (AvgIpc) is 4.18. The molecular formula is C62H68BrCl2N13O5. The summed E-state index contributed by atoms with van der Waals surface area (Å²) in [6.07, 6.45) is 16.5. The van der Waals surface area contributed by atoms with E-state index in [-0.39, 0.29) is 41.9 Å². The van der Waals surface area contributed by atoms with Crippen molar-refractivity contribution in [3.63, 3.8) is 0 Å². The quantitative estimate of drug-likeness (QED) is 0.0248. The highest BCUT2D eigenvalue weighted by Crippen LogP contribution is 2.37. The van der Waals surface area contributed by atoms with E-state index >= 15 is 0 Å². The first-order valence-corrected chi connectivity index (χ1v) is 29.3. The number of hydrogen-bond donors (Lipinski definition) is 9. The second kappa shape index (κ2) is 29.2.